The van der Waals surface area contributed by atoms with Crippen LogP contribution in [0.3, 0.4) is 0 Å². The zero-order valence-corrected chi connectivity index (χ0v) is 27.6. The normalized spacial score (nSPS) is 11.5. The Balaban J connectivity index is 1.11. The summed E-state index contributed by atoms with van der Waals surface area (Å²) in [4.78, 5) is 10.4. The summed E-state index contributed by atoms with van der Waals surface area (Å²) in [6.07, 6.45) is 0. The fourth-order valence-electron chi connectivity index (χ4n) is 7.43. The average molecular weight is 651 g/mol. The van der Waals surface area contributed by atoms with Crippen molar-refractivity contribution < 1.29 is 4.42 Å². The van der Waals surface area contributed by atoms with Crippen molar-refractivity contribution in [3.63, 3.8) is 0 Å². The monoisotopic (exact) mass is 650 g/mol. The molecular formula is C48H30N2O. The van der Waals surface area contributed by atoms with Gasteiger partial charge in [-0.1, -0.05) is 152 Å². The third kappa shape index (κ3) is 5.06. The van der Waals surface area contributed by atoms with Crippen LogP contribution in [0.1, 0.15) is 0 Å². The summed E-state index contributed by atoms with van der Waals surface area (Å²) in [6, 6.07) is 63.9. The molecule has 0 spiro atoms. The molecule has 0 N–H and O–H groups in total. The number of rotatable bonds is 5. The second kappa shape index (κ2) is 11.9. The van der Waals surface area contributed by atoms with Gasteiger partial charge in [-0.2, -0.15) is 0 Å². The van der Waals surface area contributed by atoms with Crippen LogP contribution in [0.15, 0.2) is 186 Å². The summed E-state index contributed by atoms with van der Waals surface area (Å²) in [7, 11) is 0. The molecule has 0 aliphatic heterocycles. The maximum atomic E-state index is 6.19. The maximum Gasteiger partial charge on any atom is 0.160 e. The Bertz CT molecular complexity index is 2910. The summed E-state index contributed by atoms with van der Waals surface area (Å²) in [6.45, 7) is 0. The predicted octanol–water partition coefficient (Wildman–Crippen LogP) is 13.0. The van der Waals surface area contributed by atoms with Crippen LogP contribution >= 0.6 is 0 Å². The van der Waals surface area contributed by atoms with E-state index in [1.807, 2.05) is 24.3 Å². The van der Waals surface area contributed by atoms with Crippen LogP contribution in [0.5, 0.6) is 0 Å². The minimum atomic E-state index is 0.697. The van der Waals surface area contributed by atoms with Gasteiger partial charge >= 0.3 is 0 Å². The Morgan fingerprint density at radius 1 is 0.333 bits per heavy atom. The summed E-state index contributed by atoms with van der Waals surface area (Å²) in [5.74, 6) is 0.697. The highest BCUT2D eigenvalue weighted by atomic mass is 16.3. The second-order valence-electron chi connectivity index (χ2n) is 13.0. The lowest BCUT2D eigenvalue weighted by Gasteiger charge is -2.14. The summed E-state index contributed by atoms with van der Waals surface area (Å²) in [5.41, 5.74) is 11.4. The number of hydrogen-bond acceptors (Lipinski definition) is 3. The van der Waals surface area contributed by atoms with Gasteiger partial charge in [-0.3, -0.25) is 0 Å². The molecule has 0 atom stereocenters. The second-order valence-corrected chi connectivity index (χ2v) is 13.0. The molecule has 0 unspecified atom stereocenters. The molecule has 0 saturated heterocycles. The number of nitrogens with zero attached hydrogens (tertiary/aromatic N) is 2. The van der Waals surface area contributed by atoms with Crippen LogP contribution in [0.4, 0.5) is 0 Å². The van der Waals surface area contributed by atoms with Crippen molar-refractivity contribution in [2.45, 2.75) is 0 Å². The van der Waals surface area contributed by atoms with Crippen molar-refractivity contribution in [2.75, 3.05) is 0 Å². The topological polar surface area (TPSA) is 38.9 Å². The largest absolute Gasteiger partial charge is 0.456 e. The number of aromatic nitrogens is 2. The van der Waals surface area contributed by atoms with E-state index in [1.165, 1.54) is 16.5 Å². The van der Waals surface area contributed by atoms with Crippen molar-refractivity contribution in [3.05, 3.63) is 182 Å². The minimum absolute atomic E-state index is 0.697. The number of fused-ring (bicyclic) bond motifs is 5. The molecule has 0 aliphatic rings. The lowest BCUT2D eigenvalue weighted by Crippen LogP contribution is -1.97. The van der Waals surface area contributed by atoms with Crippen molar-refractivity contribution in [2.24, 2.45) is 0 Å². The SMILES string of the molecule is c1ccc(-c2cc(-c3ccc(-c4ccccc4)c4ccccc34)nc(-c3ccc4cc(-c5cccc6oc7ccccc7c56)ccc4c3)n2)cc1. The van der Waals surface area contributed by atoms with Crippen LogP contribution in [0.25, 0.3) is 99.6 Å². The quantitative estimate of drug-likeness (QED) is 0.186. The fourth-order valence-corrected chi connectivity index (χ4v) is 7.43. The van der Waals surface area contributed by atoms with Crippen LogP contribution < -0.4 is 0 Å². The molecule has 238 valence electrons. The summed E-state index contributed by atoms with van der Waals surface area (Å²) in [5, 5.41) is 6.92. The molecule has 10 rings (SSSR count). The zero-order valence-electron chi connectivity index (χ0n) is 27.6. The van der Waals surface area contributed by atoms with Gasteiger partial charge in [0.15, 0.2) is 5.82 Å². The maximum absolute atomic E-state index is 6.19. The Labute approximate surface area is 295 Å². The van der Waals surface area contributed by atoms with E-state index in [0.717, 1.165) is 77.3 Å². The highest BCUT2D eigenvalue weighted by Crippen LogP contribution is 2.39. The predicted molar refractivity (Wildman–Crippen MR) is 212 cm³/mol. The molecule has 0 amide bonds. The number of furan rings is 1. The summed E-state index contributed by atoms with van der Waals surface area (Å²) < 4.78 is 6.19. The van der Waals surface area contributed by atoms with Gasteiger partial charge in [0.25, 0.3) is 0 Å². The molecule has 0 radical (unpaired) electrons. The number of benzene rings is 8. The average Bonchev–Trinajstić information content (AvgIpc) is 3.60. The first-order valence-electron chi connectivity index (χ1n) is 17.2. The Kier molecular flexibility index (Phi) is 6.81. The molecule has 0 saturated carbocycles. The van der Waals surface area contributed by atoms with E-state index in [4.69, 9.17) is 14.4 Å². The highest BCUT2D eigenvalue weighted by Gasteiger charge is 2.16. The molecule has 51 heavy (non-hydrogen) atoms. The van der Waals surface area contributed by atoms with E-state index in [0.29, 0.717) is 5.82 Å². The first-order chi connectivity index (χ1) is 25.3. The first kappa shape index (κ1) is 29.1. The molecule has 2 heterocycles. The molecule has 0 bridgehead atoms. The van der Waals surface area contributed by atoms with Crippen molar-refractivity contribution in [1.82, 2.24) is 9.97 Å². The Hall–Kier alpha value is -6.84. The van der Waals surface area contributed by atoms with Gasteiger partial charge in [-0.15, -0.1) is 0 Å². The van der Waals surface area contributed by atoms with Crippen LogP contribution in [-0.2, 0) is 0 Å². The zero-order chi connectivity index (χ0) is 33.7. The van der Waals surface area contributed by atoms with Gasteiger partial charge in [0.1, 0.15) is 11.2 Å². The lowest BCUT2D eigenvalue weighted by molar-refractivity contribution is 0.669. The van der Waals surface area contributed by atoms with E-state index in [-0.39, 0.29) is 0 Å². The van der Waals surface area contributed by atoms with Crippen LogP contribution in [-0.4, -0.2) is 9.97 Å². The Morgan fingerprint density at radius 3 is 1.71 bits per heavy atom. The lowest BCUT2D eigenvalue weighted by atomic mass is 9.93. The smallest absolute Gasteiger partial charge is 0.160 e. The molecule has 0 aliphatic carbocycles. The number of hydrogen-bond donors (Lipinski definition) is 0. The number of para-hydroxylation sites is 1. The molecule has 3 heteroatoms. The first-order valence-corrected chi connectivity index (χ1v) is 17.2. The van der Waals surface area contributed by atoms with E-state index in [9.17, 15) is 0 Å². The van der Waals surface area contributed by atoms with Crippen LogP contribution in [0.2, 0.25) is 0 Å². The van der Waals surface area contributed by atoms with E-state index in [1.54, 1.807) is 0 Å². The third-order valence-corrected chi connectivity index (χ3v) is 9.89. The van der Waals surface area contributed by atoms with Gasteiger partial charge in [-0.05, 0) is 74.1 Å². The van der Waals surface area contributed by atoms with E-state index in [2.05, 4.69) is 158 Å². The molecule has 3 nitrogen and oxygen atoms in total. The Morgan fingerprint density at radius 2 is 0.922 bits per heavy atom. The van der Waals surface area contributed by atoms with Crippen LogP contribution in [0, 0.1) is 0 Å². The van der Waals surface area contributed by atoms with Gasteiger partial charge < -0.3 is 4.42 Å². The third-order valence-electron chi connectivity index (χ3n) is 9.89. The minimum Gasteiger partial charge on any atom is -0.456 e. The molecular weight excluding hydrogens is 621 g/mol. The van der Waals surface area contributed by atoms with Crippen molar-refractivity contribution >= 4 is 43.5 Å². The fraction of sp³-hybridized carbons (Fsp3) is 0. The van der Waals surface area contributed by atoms with Gasteiger partial charge in [0, 0.05) is 27.5 Å². The van der Waals surface area contributed by atoms with Crippen molar-refractivity contribution in [1.29, 1.82) is 0 Å². The standard InChI is InChI=1S/C48H30N2O/c1-3-12-31(13-4-1)37-26-27-41(40-17-8-7-16-39(37)40)44-30-43(32-14-5-2-6-15-32)49-48(50-44)36-25-23-33-28-35(24-22-34(33)29-36)38-19-11-21-46-47(38)42-18-9-10-20-45(42)51-46/h1-30H. The molecule has 8 aromatic carbocycles. The van der Waals surface area contributed by atoms with Gasteiger partial charge in [0.2, 0.25) is 0 Å². The molecule has 2 aromatic heterocycles. The highest BCUT2D eigenvalue weighted by molar-refractivity contribution is 6.13. The molecule has 10 aromatic rings. The van der Waals surface area contributed by atoms with E-state index >= 15 is 0 Å². The van der Waals surface area contributed by atoms with E-state index < -0.39 is 0 Å². The molecule has 0 fully saturated rings. The van der Waals surface area contributed by atoms with Gasteiger partial charge in [0.05, 0.1) is 11.4 Å². The summed E-state index contributed by atoms with van der Waals surface area (Å²) >= 11 is 0. The van der Waals surface area contributed by atoms with Crippen molar-refractivity contribution in [3.8, 4) is 56.2 Å². The van der Waals surface area contributed by atoms with Gasteiger partial charge in [-0.25, -0.2) is 9.97 Å².